The molecule has 1 heterocycles. The number of rotatable bonds is 8. The van der Waals surface area contributed by atoms with Crippen LogP contribution in [0.4, 0.5) is 0 Å². The van der Waals surface area contributed by atoms with Crippen LogP contribution in [0, 0.1) is 12.8 Å². The van der Waals surface area contributed by atoms with Crippen LogP contribution in [0.1, 0.15) is 49.7 Å². The quantitative estimate of drug-likeness (QED) is 0.776. The number of benzene rings is 1. The molecular formula is C21H30N2O3. The Morgan fingerprint density at radius 1 is 1.19 bits per heavy atom. The number of hydrogen-bond donors (Lipinski definition) is 1. The van der Waals surface area contributed by atoms with Crippen molar-refractivity contribution in [3.05, 3.63) is 35.4 Å². The normalized spacial score (nSPS) is 20.7. The summed E-state index contributed by atoms with van der Waals surface area (Å²) >= 11 is 0. The molecule has 0 bridgehead atoms. The van der Waals surface area contributed by atoms with Crippen LogP contribution in [0.2, 0.25) is 0 Å². The van der Waals surface area contributed by atoms with E-state index in [1.807, 2.05) is 4.90 Å². The van der Waals surface area contributed by atoms with Gasteiger partial charge < -0.3 is 10.0 Å². The van der Waals surface area contributed by atoms with E-state index in [2.05, 4.69) is 36.1 Å². The minimum atomic E-state index is -0.726. The molecule has 1 saturated heterocycles. The third-order valence-corrected chi connectivity index (χ3v) is 5.51. The molecule has 2 aliphatic rings. The number of amides is 1. The number of piperidine rings is 1. The second-order valence-corrected chi connectivity index (χ2v) is 7.91. The van der Waals surface area contributed by atoms with Crippen LogP contribution in [-0.4, -0.2) is 52.5 Å². The van der Waals surface area contributed by atoms with Crippen molar-refractivity contribution < 1.29 is 14.7 Å². The Bertz CT molecular complexity index is 625. The van der Waals surface area contributed by atoms with Gasteiger partial charge in [0.1, 0.15) is 0 Å². The Balaban J connectivity index is 1.54. The van der Waals surface area contributed by atoms with Gasteiger partial charge >= 0.3 is 5.97 Å². The van der Waals surface area contributed by atoms with E-state index in [4.69, 9.17) is 5.11 Å². The van der Waals surface area contributed by atoms with E-state index < -0.39 is 5.97 Å². The maximum atomic E-state index is 12.9. The summed E-state index contributed by atoms with van der Waals surface area (Å²) in [5.41, 5.74) is 2.42. The highest BCUT2D eigenvalue weighted by atomic mass is 16.4. The zero-order valence-electron chi connectivity index (χ0n) is 15.7. The first-order valence-corrected chi connectivity index (χ1v) is 9.80. The van der Waals surface area contributed by atoms with Crippen molar-refractivity contribution >= 4 is 11.9 Å². The summed E-state index contributed by atoms with van der Waals surface area (Å²) in [4.78, 5) is 28.0. The Labute approximate surface area is 156 Å². The lowest BCUT2D eigenvalue weighted by Crippen LogP contribution is -2.44. The van der Waals surface area contributed by atoms with Crippen LogP contribution in [0.5, 0.6) is 0 Å². The summed E-state index contributed by atoms with van der Waals surface area (Å²) in [6.45, 7) is 5.02. The van der Waals surface area contributed by atoms with E-state index in [1.165, 1.54) is 11.1 Å². The smallest absolute Gasteiger partial charge is 0.303 e. The summed E-state index contributed by atoms with van der Waals surface area (Å²) in [7, 11) is 0. The fourth-order valence-electron chi connectivity index (χ4n) is 3.84. The SMILES string of the molecule is Cc1ccc(CN(C(=O)CN2CCCC(CCC(=O)O)C2)C2CC2)cc1. The van der Waals surface area contributed by atoms with Gasteiger partial charge in [-0.2, -0.15) is 0 Å². The number of carbonyl (C=O) groups excluding carboxylic acids is 1. The molecule has 1 unspecified atom stereocenters. The number of likely N-dealkylation sites (tertiary alicyclic amines) is 1. The van der Waals surface area contributed by atoms with Gasteiger partial charge in [0.05, 0.1) is 6.54 Å². The van der Waals surface area contributed by atoms with Crippen LogP contribution in [-0.2, 0) is 16.1 Å². The van der Waals surface area contributed by atoms with Crippen LogP contribution >= 0.6 is 0 Å². The second kappa shape index (κ2) is 8.67. The van der Waals surface area contributed by atoms with Gasteiger partial charge in [-0.25, -0.2) is 0 Å². The molecule has 3 rings (SSSR count). The lowest BCUT2D eigenvalue weighted by atomic mass is 9.93. The van der Waals surface area contributed by atoms with E-state index in [-0.39, 0.29) is 12.3 Å². The molecule has 142 valence electrons. The van der Waals surface area contributed by atoms with Gasteiger partial charge in [0, 0.05) is 25.6 Å². The first-order valence-electron chi connectivity index (χ1n) is 9.80. The number of aryl methyl sites for hydroxylation is 1. The van der Waals surface area contributed by atoms with E-state index in [0.717, 1.165) is 45.2 Å². The van der Waals surface area contributed by atoms with E-state index in [0.29, 0.717) is 25.0 Å². The Kier molecular flexibility index (Phi) is 6.30. The van der Waals surface area contributed by atoms with Gasteiger partial charge in [0.25, 0.3) is 0 Å². The number of aliphatic carboxylic acids is 1. The number of hydrogen-bond acceptors (Lipinski definition) is 3. The maximum absolute atomic E-state index is 12.9. The van der Waals surface area contributed by atoms with Gasteiger partial charge in [0.15, 0.2) is 0 Å². The van der Waals surface area contributed by atoms with Gasteiger partial charge in [0.2, 0.25) is 5.91 Å². The van der Waals surface area contributed by atoms with E-state index >= 15 is 0 Å². The molecule has 0 radical (unpaired) electrons. The van der Waals surface area contributed by atoms with Gasteiger partial charge in [-0.15, -0.1) is 0 Å². The molecule has 1 N–H and O–H groups in total. The van der Waals surface area contributed by atoms with Crippen LogP contribution in [0.3, 0.4) is 0 Å². The first kappa shape index (κ1) is 18.9. The number of carboxylic acid groups (broad SMARTS) is 1. The first-order chi connectivity index (χ1) is 12.5. The topological polar surface area (TPSA) is 60.9 Å². The molecule has 0 spiro atoms. The van der Waals surface area contributed by atoms with Crippen molar-refractivity contribution in [2.75, 3.05) is 19.6 Å². The molecule has 1 aliphatic heterocycles. The van der Waals surface area contributed by atoms with E-state index in [1.54, 1.807) is 0 Å². The summed E-state index contributed by atoms with van der Waals surface area (Å²) in [6.07, 6.45) is 5.30. The predicted octanol–water partition coefficient (Wildman–Crippen LogP) is 3.06. The van der Waals surface area contributed by atoms with Crippen LogP contribution in [0.15, 0.2) is 24.3 Å². The van der Waals surface area contributed by atoms with Crippen molar-refractivity contribution in [3.8, 4) is 0 Å². The van der Waals surface area contributed by atoms with Gasteiger partial charge in [-0.05, 0) is 57.1 Å². The molecule has 5 nitrogen and oxygen atoms in total. The van der Waals surface area contributed by atoms with Gasteiger partial charge in [-0.1, -0.05) is 29.8 Å². The lowest BCUT2D eigenvalue weighted by Gasteiger charge is -2.34. The molecule has 1 aliphatic carbocycles. The van der Waals surface area contributed by atoms with Crippen molar-refractivity contribution in [1.29, 1.82) is 0 Å². The Hall–Kier alpha value is -1.88. The molecule has 2 fully saturated rings. The third kappa shape index (κ3) is 5.56. The zero-order chi connectivity index (χ0) is 18.5. The average Bonchev–Trinajstić information content (AvgIpc) is 3.44. The molecule has 0 aromatic heterocycles. The zero-order valence-corrected chi connectivity index (χ0v) is 15.7. The largest absolute Gasteiger partial charge is 0.481 e. The molecule has 1 atom stereocenters. The average molecular weight is 358 g/mol. The monoisotopic (exact) mass is 358 g/mol. The number of carbonyl (C=O) groups is 2. The highest BCUT2D eigenvalue weighted by Gasteiger charge is 2.33. The van der Waals surface area contributed by atoms with Crippen molar-refractivity contribution in [1.82, 2.24) is 9.80 Å². The Morgan fingerprint density at radius 3 is 2.58 bits per heavy atom. The number of nitrogens with zero attached hydrogens (tertiary/aromatic N) is 2. The van der Waals surface area contributed by atoms with Crippen molar-refractivity contribution in [2.45, 2.75) is 58.0 Å². The second-order valence-electron chi connectivity index (χ2n) is 7.91. The standard InChI is InChI=1S/C21H30N2O3/c1-16-4-6-18(7-5-16)14-23(19-9-10-19)20(24)15-22-12-2-3-17(13-22)8-11-21(25)26/h4-7,17,19H,2-3,8-15H2,1H3,(H,25,26). The van der Waals surface area contributed by atoms with Crippen molar-refractivity contribution in [2.24, 2.45) is 5.92 Å². The summed E-state index contributed by atoms with van der Waals surface area (Å²) in [5.74, 6) is -0.109. The predicted molar refractivity (Wildman–Crippen MR) is 101 cm³/mol. The van der Waals surface area contributed by atoms with Crippen LogP contribution < -0.4 is 0 Å². The minimum Gasteiger partial charge on any atom is -0.481 e. The molecular weight excluding hydrogens is 328 g/mol. The number of carboxylic acids is 1. The maximum Gasteiger partial charge on any atom is 0.303 e. The summed E-state index contributed by atoms with van der Waals surface area (Å²) < 4.78 is 0. The molecule has 1 aromatic carbocycles. The molecule has 1 amide bonds. The third-order valence-electron chi connectivity index (χ3n) is 5.51. The van der Waals surface area contributed by atoms with Crippen molar-refractivity contribution in [3.63, 3.8) is 0 Å². The fourth-order valence-corrected chi connectivity index (χ4v) is 3.84. The van der Waals surface area contributed by atoms with E-state index in [9.17, 15) is 9.59 Å². The highest BCUT2D eigenvalue weighted by Crippen LogP contribution is 2.29. The molecule has 1 aromatic rings. The fraction of sp³-hybridized carbons (Fsp3) is 0.619. The van der Waals surface area contributed by atoms with Gasteiger partial charge in [-0.3, -0.25) is 14.5 Å². The lowest BCUT2D eigenvalue weighted by molar-refractivity contribution is -0.138. The Morgan fingerprint density at radius 2 is 1.92 bits per heavy atom. The molecule has 1 saturated carbocycles. The molecule has 26 heavy (non-hydrogen) atoms. The summed E-state index contributed by atoms with van der Waals surface area (Å²) in [6, 6.07) is 8.82. The molecule has 5 heteroatoms. The minimum absolute atomic E-state index is 0.215. The highest BCUT2D eigenvalue weighted by molar-refractivity contribution is 5.79. The van der Waals surface area contributed by atoms with Crippen LogP contribution in [0.25, 0.3) is 0 Å². The summed E-state index contributed by atoms with van der Waals surface area (Å²) in [5, 5.41) is 8.88.